The van der Waals surface area contributed by atoms with Gasteiger partial charge in [-0.2, -0.15) is 0 Å². The van der Waals surface area contributed by atoms with Crippen LogP contribution < -0.4 is 11.1 Å². The minimum atomic E-state index is 0.259. The van der Waals surface area contributed by atoms with Crippen molar-refractivity contribution in [3.05, 3.63) is 11.6 Å². The van der Waals surface area contributed by atoms with E-state index in [1.807, 2.05) is 0 Å². The Morgan fingerprint density at radius 3 is 2.75 bits per heavy atom. The summed E-state index contributed by atoms with van der Waals surface area (Å²) >= 11 is 0. The molecule has 0 amide bonds. The Labute approximate surface area is 74.2 Å². The SMILES string of the molecule is NC1C=C(C2CCCC2)CNC1. The lowest BCUT2D eigenvalue weighted by atomic mass is 9.93. The number of hydrogen-bond acceptors (Lipinski definition) is 2. The third kappa shape index (κ3) is 1.70. The second-order valence-electron chi connectivity index (χ2n) is 4.02. The first kappa shape index (κ1) is 8.27. The van der Waals surface area contributed by atoms with Crippen molar-refractivity contribution in [2.24, 2.45) is 11.7 Å². The van der Waals surface area contributed by atoms with Crippen LogP contribution in [0.15, 0.2) is 11.6 Å². The van der Waals surface area contributed by atoms with E-state index in [2.05, 4.69) is 11.4 Å². The van der Waals surface area contributed by atoms with Crippen molar-refractivity contribution in [1.29, 1.82) is 0 Å². The van der Waals surface area contributed by atoms with Gasteiger partial charge in [-0.3, -0.25) is 0 Å². The molecule has 2 nitrogen and oxygen atoms in total. The molecule has 2 aliphatic rings. The van der Waals surface area contributed by atoms with Crippen LogP contribution >= 0.6 is 0 Å². The average Bonchev–Trinajstić information content (AvgIpc) is 2.56. The quantitative estimate of drug-likeness (QED) is 0.571. The molecule has 1 aliphatic heterocycles. The highest BCUT2D eigenvalue weighted by Crippen LogP contribution is 2.31. The summed E-state index contributed by atoms with van der Waals surface area (Å²) in [6.07, 6.45) is 7.89. The molecule has 0 aromatic heterocycles. The van der Waals surface area contributed by atoms with Crippen molar-refractivity contribution >= 4 is 0 Å². The molecule has 3 N–H and O–H groups in total. The van der Waals surface area contributed by atoms with E-state index in [9.17, 15) is 0 Å². The molecule has 0 radical (unpaired) electrons. The first-order chi connectivity index (χ1) is 5.86. The summed E-state index contributed by atoms with van der Waals surface area (Å²) in [5.74, 6) is 0.851. The molecule has 0 bridgehead atoms. The molecule has 1 saturated carbocycles. The Morgan fingerprint density at radius 1 is 1.33 bits per heavy atom. The minimum absolute atomic E-state index is 0.259. The topological polar surface area (TPSA) is 38.0 Å². The van der Waals surface area contributed by atoms with Crippen LogP contribution in [0.4, 0.5) is 0 Å². The van der Waals surface area contributed by atoms with Crippen LogP contribution in [0, 0.1) is 5.92 Å². The van der Waals surface area contributed by atoms with Crippen molar-refractivity contribution in [2.45, 2.75) is 31.7 Å². The number of rotatable bonds is 1. The van der Waals surface area contributed by atoms with E-state index in [0.717, 1.165) is 19.0 Å². The fraction of sp³-hybridized carbons (Fsp3) is 0.800. The van der Waals surface area contributed by atoms with Crippen LogP contribution in [0.5, 0.6) is 0 Å². The maximum atomic E-state index is 5.85. The molecule has 2 heteroatoms. The van der Waals surface area contributed by atoms with Crippen LogP contribution in [0.25, 0.3) is 0 Å². The van der Waals surface area contributed by atoms with E-state index in [0.29, 0.717) is 0 Å². The van der Waals surface area contributed by atoms with Gasteiger partial charge in [0, 0.05) is 19.1 Å². The highest BCUT2D eigenvalue weighted by molar-refractivity contribution is 5.16. The van der Waals surface area contributed by atoms with Gasteiger partial charge in [0.25, 0.3) is 0 Å². The molecule has 0 aromatic rings. The normalized spacial score (nSPS) is 32.1. The summed E-state index contributed by atoms with van der Waals surface area (Å²) in [5.41, 5.74) is 7.43. The Balaban J connectivity index is 2.01. The number of nitrogens with two attached hydrogens (primary N) is 1. The second-order valence-corrected chi connectivity index (χ2v) is 4.02. The van der Waals surface area contributed by atoms with Crippen molar-refractivity contribution in [1.82, 2.24) is 5.32 Å². The van der Waals surface area contributed by atoms with Crippen molar-refractivity contribution < 1.29 is 0 Å². The van der Waals surface area contributed by atoms with Crippen LogP contribution in [0.3, 0.4) is 0 Å². The van der Waals surface area contributed by atoms with Gasteiger partial charge in [0.05, 0.1) is 0 Å². The Kier molecular flexibility index (Phi) is 2.47. The fourth-order valence-corrected chi connectivity index (χ4v) is 2.35. The lowest BCUT2D eigenvalue weighted by molar-refractivity contribution is 0.548. The predicted octanol–water partition coefficient (Wildman–Crippen LogP) is 1.03. The average molecular weight is 166 g/mol. The molecular formula is C10H18N2. The van der Waals surface area contributed by atoms with Gasteiger partial charge in [0.15, 0.2) is 0 Å². The van der Waals surface area contributed by atoms with E-state index in [1.54, 1.807) is 5.57 Å². The summed E-state index contributed by atoms with van der Waals surface area (Å²) in [6.45, 7) is 2.04. The molecular weight excluding hydrogens is 148 g/mol. The zero-order valence-electron chi connectivity index (χ0n) is 7.55. The first-order valence-corrected chi connectivity index (χ1v) is 5.03. The smallest absolute Gasteiger partial charge is 0.0354 e. The van der Waals surface area contributed by atoms with Crippen LogP contribution in [0.2, 0.25) is 0 Å². The summed E-state index contributed by atoms with van der Waals surface area (Å²) in [6, 6.07) is 0.259. The Bertz CT molecular complexity index is 180. The third-order valence-corrected chi connectivity index (χ3v) is 3.02. The molecule has 68 valence electrons. The van der Waals surface area contributed by atoms with Crippen LogP contribution in [0.1, 0.15) is 25.7 Å². The van der Waals surface area contributed by atoms with Crippen molar-refractivity contribution in [2.75, 3.05) is 13.1 Å². The van der Waals surface area contributed by atoms with E-state index in [-0.39, 0.29) is 6.04 Å². The number of hydrogen-bond donors (Lipinski definition) is 2. The van der Waals surface area contributed by atoms with Gasteiger partial charge in [-0.15, -0.1) is 0 Å². The van der Waals surface area contributed by atoms with Gasteiger partial charge in [-0.05, 0) is 18.8 Å². The maximum Gasteiger partial charge on any atom is 0.0354 e. The zero-order chi connectivity index (χ0) is 8.39. The maximum absolute atomic E-state index is 5.85. The largest absolute Gasteiger partial charge is 0.323 e. The van der Waals surface area contributed by atoms with Gasteiger partial charge >= 0.3 is 0 Å². The molecule has 0 saturated heterocycles. The van der Waals surface area contributed by atoms with Gasteiger partial charge in [0.1, 0.15) is 0 Å². The fourth-order valence-electron chi connectivity index (χ4n) is 2.35. The van der Waals surface area contributed by atoms with E-state index in [1.165, 1.54) is 25.7 Å². The Hall–Kier alpha value is -0.340. The minimum Gasteiger partial charge on any atom is -0.323 e. The lowest BCUT2D eigenvalue weighted by Crippen LogP contribution is -2.39. The second kappa shape index (κ2) is 3.58. The zero-order valence-corrected chi connectivity index (χ0v) is 7.55. The molecule has 1 atom stereocenters. The molecule has 0 aromatic carbocycles. The summed E-state index contributed by atoms with van der Waals surface area (Å²) in [7, 11) is 0. The van der Waals surface area contributed by atoms with Crippen molar-refractivity contribution in [3.8, 4) is 0 Å². The Morgan fingerprint density at radius 2 is 2.08 bits per heavy atom. The lowest BCUT2D eigenvalue weighted by Gasteiger charge is -2.23. The molecule has 2 rings (SSSR count). The predicted molar refractivity (Wildman–Crippen MR) is 50.9 cm³/mol. The first-order valence-electron chi connectivity index (χ1n) is 5.03. The summed E-state index contributed by atoms with van der Waals surface area (Å²) < 4.78 is 0. The van der Waals surface area contributed by atoms with Crippen LogP contribution in [-0.2, 0) is 0 Å². The van der Waals surface area contributed by atoms with E-state index < -0.39 is 0 Å². The molecule has 12 heavy (non-hydrogen) atoms. The number of nitrogens with one attached hydrogen (secondary N) is 1. The summed E-state index contributed by atoms with van der Waals surface area (Å²) in [4.78, 5) is 0. The highest BCUT2D eigenvalue weighted by atomic mass is 14.9. The van der Waals surface area contributed by atoms with Crippen LogP contribution in [-0.4, -0.2) is 19.1 Å². The standard InChI is InChI=1S/C10H18N2/c11-10-5-9(6-12-7-10)8-3-1-2-4-8/h5,8,10,12H,1-4,6-7,11H2. The molecule has 1 unspecified atom stereocenters. The van der Waals surface area contributed by atoms with Gasteiger partial charge in [-0.25, -0.2) is 0 Å². The van der Waals surface area contributed by atoms with E-state index in [4.69, 9.17) is 5.73 Å². The van der Waals surface area contributed by atoms with Crippen molar-refractivity contribution in [3.63, 3.8) is 0 Å². The van der Waals surface area contributed by atoms with Gasteiger partial charge in [0.2, 0.25) is 0 Å². The van der Waals surface area contributed by atoms with E-state index >= 15 is 0 Å². The molecule has 1 fully saturated rings. The molecule has 0 spiro atoms. The van der Waals surface area contributed by atoms with Gasteiger partial charge in [-0.1, -0.05) is 24.5 Å². The highest BCUT2D eigenvalue weighted by Gasteiger charge is 2.21. The monoisotopic (exact) mass is 166 g/mol. The van der Waals surface area contributed by atoms with Gasteiger partial charge < -0.3 is 11.1 Å². The third-order valence-electron chi connectivity index (χ3n) is 3.02. The molecule has 1 aliphatic carbocycles. The summed E-state index contributed by atoms with van der Waals surface area (Å²) in [5, 5.41) is 3.37. The molecule has 1 heterocycles.